The summed E-state index contributed by atoms with van der Waals surface area (Å²) >= 11 is 3.36. The van der Waals surface area contributed by atoms with Crippen LogP contribution in [0.2, 0.25) is 0 Å². The number of methoxy groups -OCH3 is 1. The largest absolute Gasteiger partial charge is 0.497 e. The van der Waals surface area contributed by atoms with E-state index in [0.29, 0.717) is 61.0 Å². The fourth-order valence-electron chi connectivity index (χ4n) is 12.2. The van der Waals surface area contributed by atoms with E-state index in [1.807, 2.05) is 27.7 Å². The molecule has 2 aromatic rings. The summed E-state index contributed by atoms with van der Waals surface area (Å²) in [6.45, 7) is 15.4. The zero-order valence-corrected chi connectivity index (χ0v) is 60.6. The van der Waals surface area contributed by atoms with Gasteiger partial charge in [-0.2, -0.15) is 0 Å². The molecule has 532 valence electrons. The maximum absolute atomic E-state index is 15.7. The maximum atomic E-state index is 15.7. The van der Waals surface area contributed by atoms with Gasteiger partial charge < -0.3 is 65.2 Å². The molecule has 5 rings (SSSR count). The topological polar surface area (TPSA) is 288 Å². The Morgan fingerprint density at radius 3 is 1.91 bits per heavy atom. The van der Waals surface area contributed by atoms with Crippen LogP contribution in [0.15, 0.2) is 46.9 Å². The fourth-order valence-corrected chi connectivity index (χ4v) is 12.6. The first-order valence-electron chi connectivity index (χ1n) is 33.6. The monoisotopic (exact) mass is 1410 g/mol. The molecule has 3 fully saturated rings. The zero-order valence-electron chi connectivity index (χ0n) is 59.1. The van der Waals surface area contributed by atoms with Gasteiger partial charge in [-0.05, 0) is 119 Å². The summed E-state index contributed by atoms with van der Waals surface area (Å²) in [6.07, 6.45) is 2.90. The van der Waals surface area contributed by atoms with Gasteiger partial charge >= 0.3 is 0 Å². The molecule has 25 nitrogen and oxygen atoms in total. The van der Waals surface area contributed by atoms with Crippen LogP contribution in [0.5, 0.6) is 5.75 Å². The van der Waals surface area contributed by atoms with E-state index < -0.39 is 162 Å². The SMILES string of the molecule is CCCC[C@@H]1NC(=O)[C@H](Cc2cc(Br)ccc2F)NC(=O)CN(C)C(=O)[C@H](Cc2ccc(OC)cc2)N(C)C(=O)C2CCN2C(=O)[C@H](C)N(C)C(=O)[C@H]([C@@H](C)CC)NC(=O)[C@H](CC)N(C)C(=O)C[C@@H](C(=O)N2CCCCC2)N(C)C(=O)[C@H](CC(C)C)NC(=O)C(C)(C)N(C)C1=O. The van der Waals surface area contributed by atoms with Gasteiger partial charge in [0.15, 0.2) is 0 Å². The van der Waals surface area contributed by atoms with E-state index in [1.54, 1.807) is 43.0 Å². The molecule has 1 unspecified atom stereocenters. The molecule has 10 atom stereocenters. The number of likely N-dealkylation sites (tertiary alicyclic amines) is 1. The van der Waals surface area contributed by atoms with Crippen molar-refractivity contribution in [1.82, 2.24) is 60.5 Å². The highest BCUT2D eigenvalue weighted by molar-refractivity contribution is 9.10. The van der Waals surface area contributed by atoms with Crippen molar-refractivity contribution in [2.45, 2.75) is 206 Å². The Labute approximate surface area is 574 Å². The molecule has 0 aliphatic carbocycles. The summed E-state index contributed by atoms with van der Waals surface area (Å²) in [5.41, 5.74) is -1.13. The molecule has 3 aliphatic heterocycles. The van der Waals surface area contributed by atoms with Crippen LogP contribution in [0.1, 0.15) is 144 Å². The second-order valence-electron chi connectivity index (χ2n) is 26.9. The lowest BCUT2D eigenvalue weighted by Gasteiger charge is -2.45. The molecule has 96 heavy (non-hydrogen) atoms. The molecule has 4 N–H and O–H groups in total. The van der Waals surface area contributed by atoms with Crippen LogP contribution < -0.4 is 26.0 Å². The van der Waals surface area contributed by atoms with Crippen molar-refractivity contribution in [3.63, 3.8) is 0 Å². The third kappa shape index (κ3) is 19.7. The first kappa shape index (κ1) is 79.0. The predicted octanol–water partition coefficient (Wildman–Crippen LogP) is 4.05. The third-order valence-corrected chi connectivity index (χ3v) is 19.9. The van der Waals surface area contributed by atoms with Crippen LogP contribution in [0.4, 0.5) is 4.39 Å². The summed E-state index contributed by atoms with van der Waals surface area (Å²) in [4.78, 5) is 187. The van der Waals surface area contributed by atoms with E-state index in [1.165, 1.54) is 108 Å². The Morgan fingerprint density at radius 1 is 0.688 bits per heavy atom. The zero-order chi connectivity index (χ0) is 71.8. The molecule has 12 amide bonds. The number of benzene rings is 2. The van der Waals surface area contributed by atoms with Crippen LogP contribution >= 0.6 is 15.9 Å². The number of likely N-dealkylation sites (N-methyl/N-ethyl adjacent to an activating group) is 6. The number of nitrogens with zero attached hydrogens (tertiary/aromatic N) is 8. The molecule has 3 heterocycles. The van der Waals surface area contributed by atoms with Gasteiger partial charge in [-0.3, -0.25) is 57.5 Å². The highest BCUT2D eigenvalue weighted by atomic mass is 79.9. The second kappa shape index (κ2) is 35.5. The Balaban J connectivity index is 1.63. The van der Waals surface area contributed by atoms with Crippen LogP contribution in [0.25, 0.3) is 0 Å². The quantitative estimate of drug-likeness (QED) is 0.208. The number of hydrogen-bond acceptors (Lipinski definition) is 13. The fraction of sp³-hybridized carbons (Fsp3) is 0.652. The molecule has 0 bridgehead atoms. The van der Waals surface area contributed by atoms with E-state index >= 15 is 9.18 Å². The minimum atomic E-state index is -1.75. The van der Waals surface area contributed by atoms with E-state index in [-0.39, 0.29) is 50.1 Å². The second-order valence-corrected chi connectivity index (χ2v) is 27.8. The average Bonchev–Trinajstić information content (AvgIpc) is 0.837. The third-order valence-electron chi connectivity index (χ3n) is 19.4. The molecule has 3 saturated heterocycles. The molecule has 3 aliphatic rings. The van der Waals surface area contributed by atoms with Crippen LogP contribution in [-0.2, 0) is 70.4 Å². The van der Waals surface area contributed by atoms with Gasteiger partial charge in [0.25, 0.3) is 0 Å². The summed E-state index contributed by atoms with van der Waals surface area (Å²) < 4.78 is 21.5. The maximum Gasteiger partial charge on any atom is 0.246 e. The minimum absolute atomic E-state index is 0.0109. The Bertz CT molecular complexity index is 3130. The van der Waals surface area contributed by atoms with Gasteiger partial charge in [0.2, 0.25) is 70.9 Å². The summed E-state index contributed by atoms with van der Waals surface area (Å²) in [6, 6.07) is -0.720. The van der Waals surface area contributed by atoms with E-state index in [0.717, 1.165) is 21.1 Å². The molecule has 27 heteroatoms. The molecular formula is C69H104BrFN12O13. The molecule has 0 aromatic heterocycles. The number of unbranched alkanes of at least 4 members (excludes halogenated alkanes) is 1. The molecule has 0 radical (unpaired) electrons. The number of nitrogens with one attached hydrogen (secondary N) is 4. The number of piperidine rings is 1. The number of ether oxygens (including phenoxy) is 1. The number of hydrogen-bond donors (Lipinski definition) is 4. The molecule has 0 spiro atoms. The molecular weight excluding hydrogens is 1300 g/mol. The first-order valence-corrected chi connectivity index (χ1v) is 34.4. The molecule has 2 aromatic carbocycles. The number of rotatable bonds is 14. The number of amides is 12. The van der Waals surface area contributed by atoms with Crippen molar-refractivity contribution >= 4 is 86.8 Å². The Kier molecular flexibility index (Phi) is 29.2. The summed E-state index contributed by atoms with van der Waals surface area (Å²) in [5, 5.41) is 11.2. The van der Waals surface area contributed by atoms with Crippen LogP contribution in [-0.4, -0.2) is 246 Å². The Morgan fingerprint density at radius 2 is 1.33 bits per heavy atom. The standard InChI is InChI=1S/C69H104BrFN12O13/c1-17-20-24-49-63(90)81(15)69(8,9)68(95)74-51(35-41(4)5)62(89)79(13)55(66(93)82-32-22-21-23-33-82)39-57(85)78(12)52(19-3)60(87)75-58(42(6)18-2)67(94)77(11)43(7)61(88)83-34-31-53(83)65(92)80(14)54(36-44-25-28-47(96-16)29-26-44)64(91)76(10)40-56(84)72-50(59(86)73-49)38-45-37-46(70)27-30-48(45)71/h25-30,37,41-43,49-55,58H,17-24,31-36,38-40H2,1-16H3,(H,72,84)(H,73,86)(H,74,95)(H,75,87)/t42-,43-,49-,50-,51-,52-,53?,54-,55-,58-/m0/s1. The highest BCUT2D eigenvalue weighted by Gasteiger charge is 2.47. The van der Waals surface area contributed by atoms with Crippen molar-refractivity contribution < 1.29 is 66.7 Å². The van der Waals surface area contributed by atoms with Crippen molar-refractivity contribution in [3.05, 3.63) is 63.9 Å². The number of carbonyl (C=O) groups excluding carboxylic acids is 12. The smallest absolute Gasteiger partial charge is 0.246 e. The van der Waals surface area contributed by atoms with Gasteiger partial charge in [-0.25, -0.2) is 4.39 Å². The number of halogens is 2. The van der Waals surface area contributed by atoms with Gasteiger partial charge in [0.1, 0.15) is 71.5 Å². The average molecular weight is 1410 g/mol. The van der Waals surface area contributed by atoms with Crippen molar-refractivity contribution in [2.24, 2.45) is 11.8 Å². The van der Waals surface area contributed by atoms with E-state index in [2.05, 4.69) is 37.2 Å². The normalized spacial score (nSPS) is 25.6. The first-order chi connectivity index (χ1) is 45.1. The summed E-state index contributed by atoms with van der Waals surface area (Å²) in [7, 11) is 9.81. The van der Waals surface area contributed by atoms with Crippen molar-refractivity contribution in [1.29, 1.82) is 0 Å². The number of fused-ring (bicyclic) bond motifs is 1. The minimum Gasteiger partial charge on any atom is -0.497 e. The Hall–Kier alpha value is -7.71. The highest BCUT2D eigenvalue weighted by Crippen LogP contribution is 2.27. The lowest BCUT2D eigenvalue weighted by Crippen LogP contribution is -2.65. The van der Waals surface area contributed by atoms with Gasteiger partial charge in [0, 0.05) is 79.2 Å². The lowest BCUT2D eigenvalue weighted by atomic mass is 9.95. The predicted molar refractivity (Wildman–Crippen MR) is 363 cm³/mol. The van der Waals surface area contributed by atoms with Crippen molar-refractivity contribution in [2.75, 3.05) is 75.6 Å². The van der Waals surface area contributed by atoms with E-state index in [4.69, 9.17) is 4.74 Å². The van der Waals surface area contributed by atoms with Crippen molar-refractivity contribution in [3.8, 4) is 5.75 Å². The van der Waals surface area contributed by atoms with E-state index in [9.17, 15) is 52.7 Å². The van der Waals surface area contributed by atoms with Crippen LogP contribution in [0.3, 0.4) is 0 Å². The lowest BCUT2D eigenvalue weighted by molar-refractivity contribution is -0.160. The number of carbonyl (C=O) groups is 12. The summed E-state index contributed by atoms with van der Waals surface area (Å²) in [5.74, 6) is -9.32. The van der Waals surface area contributed by atoms with Gasteiger partial charge in [0.05, 0.1) is 20.1 Å². The van der Waals surface area contributed by atoms with Crippen LogP contribution in [0, 0.1) is 17.7 Å². The van der Waals surface area contributed by atoms with Gasteiger partial charge in [-0.1, -0.05) is 88.9 Å². The van der Waals surface area contributed by atoms with Gasteiger partial charge in [-0.15, -0.1) is 0 Å². The molecule has 0 saturated carbocycles.